The topological polar surface area (TPSA) is 119 Å². The van der Waals surface area contributed by atoms with Gasteiger partial charge >= 0.3 is 5.76 Å². The van der Waals surface area contributed by atoms with Crippen LogP contribution in [0.3, 0.4) is 0 Å². The molecular formula is C23H25F2N5O4S2. The minimum Gasteiger partial charge on any atom is -0.408 e. The van der Waals surface area contributed by atoms with Gasteiger partial charge in [0.15, 0.2) is 5.76 Å². The number of benzene rings is 1. The van der Waals surface area contributed by atoms with Crippen LogP contribution in [0.15, 0.2) is 45.2 Å². The van der Waals surface area contributed by atoms with Crippen LogP contribution in [-0.4, -0.2) is 48.3 Å². The van der Waals surface area contributed by atoms with Crippen molar-refractivity contribution < 1.29 is 21.6 Å². The fourth-order valence-corrected chi connectivity index (χ4v) is 5.83. The second-order valence-corrected chi connectivity index (χ2v) is 10.7. The Morgan fingerprint density at radius 2 is 2.19 bits per heavy atom. The third kappa shape index (κ3) is 5.63. The van der Waals surface area contributed by atoms with Gasteiger partial charge in [-0.2, -0.15) is 4.37 Å². The molecule has 0 saturated heterocycles. The van der Waals surface area contributed by atoms with Crippen LogP contribution >= 0.6 is 11.5 Å². The maximum absolute atomic E-state index is 13.8. The minimum atomic E-state index is -4.30. The number of nitrogens with one attached hydrogen (secondary N) is 2. The number of aryl methyl sites for hydroxylation is 1. The van der Waals surface area contributed by atoms with E-state index in [1.54, 1.807) is 0 Å². The molecule has 1 aromatic carbocycles. The van der Waals surface area contributed by atoms with Gasteiger partial charge in [0, 0.05) is 30.2 Å². The zero-order valence-electron chi connectivity index (χ0n) is 19.2. The zero-order valence-corrected chi connectivity index (χ0v) is 20.9. The third-order valence-corrected chi connectivity index (χ3v) is 8.03. The first-order valence-corrected chi connectivity index (χ1v) is 13.4. The molecule has 4 rings (SSSR count). The van der Waals surface area contributed by atoms with Crippen molar-refractivity contribution in [1.82, 2.24) is 19.2 Å². The van der Waals surface area contributed by atoms with Gasteiger partial charge in [0.1, 0.15) is 19.7 Å². The van der Waals surface area contributed by atoms with E-state index < -0.39 is 34.0 Å². The molecule has 0 fully saturated rings. The predicted octanol–water partition coefficient (Wildman–Crippen LogP) is 3.15. The highest BCUT2D eigenvalue weighted by Gasteiger charge is 2.24. The standard InChI is InChI=1S/C23H25F2N5O4S2/c1-2-20-21(11-18(12-25)36(32,33)29-22-27-14-28-35-22)34-23(31)30(20)13-16-5-3-4-15-6-7-17(10-19(15)16)26-9-8-24/h2-5,11,14,17,26H,1,6-10,12-13H2,(H,27,28,29). The highest BCUT2D eigenvalue weighted by molar-refractivity contribution is 7.96. The highest BCUT2D eigenvalue weighted by Crippen LogP contribution is 2.27. The van der Waals surface area contributed by atoms with Gasteiger partial charge in [0.05, 0.1) is 17.1 Å². The molecule has 0 aliphatic heterocycles. The maximum atomic E-state index is 13.8. The van der Waals surface area contributed by atoms with Gasteiger partial charge < -0.3 is 9.73 Å². The molecule has 1 unspecified atom stereocenters. The summed E-state index contributed by atoms with van der Waals surface area (Å²) in [7, 11) is -4.30. The first-order chi connectivity index (χ1) is 17.4. The Kier molecular flexibility index (Phi) is 8.11. The van der Waals surface area contributed by atoms with E-state index in [0.717, 1.165) is 53.5 Å². The highest BCUT2D eigenvalue weighted by atomic mass is 32.2. The van der Waals surface area contributed by atoms with Crippen LogP contribution in [0.5, 0.6) is 0 Å². The minimum absolute atomic E-state index is 0.0227. The Balaban J connectivity index is 1.66. The summed E-state index contributed by atoms with van der Waals surface area (Å²) in [6, 6.07) is 5.98. The molecule has 3 aromatic rings. The second-order valence-electron chi connectivity index (χ2n) is 8.14. The molecule has 2 heterocycles. The van der Waals surface area contributed by atoms with Crippen molar-refractivity contribution in [1.29, 1.82) is 0 Å². The number of hydrogen-bond acceptors (Lipinski definition) is 8. The molecular weight excluding hydrogens is 512 g/mol. The van der Waals surface area contributed by atoms with Crippen molar-refractivity contribution >= 4 is 38.8 Å². The summed E-state index contributed by atoms with van der Waals surface area (Å²) in [5.41, 5.74) is 3.35. The summed E-state index contributed by atoms with van der Waals surface area (Å²) in [5, 5.41) is 3.18. The zero-order chi connectivity index (χ0) is 25.7. The summed E-state index contributed by atoms with van der Waals surface area (Å²) in [6.45, 7) is 2.38. The molecule has 2 aromatic heterocycles. The van der Waals surface area contributed by atoms with Crippen molar-refractivity contribution in [3.63, 3.8) is 0 Å². The Morgan fingerprint density at radius 3 is 2.89 bits per heavy atom. The molecule has 36 heavy (non-hydrogen) atoms. The average Bonchev–Trinajstić information content (AvgIpc) is 3.47. The number of sulfonamides is 1. The second kappa shape index (κ2) is 11.3. The van der Waals surface area contributed by atoms with Crippen molar-refractivity contribution in [2.75, 3.05) is 24.6 Å². The van der Waals surface area contributed by atoms with E-state index >= 15 is 0 Å². The van der Waals surface area contributed by atoms with Gasteiger partial charge in [-0.15, -0.1) is 0 Å². The number of halogens is 2. The number of fused-ring (bicyclic) bond motifs is 1. The maximum Gasteiger partial charge on any atom is 0.420 e. The molecule has 2 N–H and O–H groups in total. The number of rotatable bonds is 11. The monoisotopic (exact) mass is 537 g/mol. The lowest BCUT2D eigenvalue weighted by Crippen LogP contribution is -2.36. The molecule has 0 radical (unpaired) electrons. The summed E-state index contributed by atoms with van der Waals surface area (Å²) in [5.74, 6) is -0.859. The molecule has 1 aliphatic rings. The summed E-state index contributed by atoms with van der Waals surface area (Å²) >= 11 is 0.797. The molecule has 0 spiro atoms. The molecule has 9 nitrogen and oxygen atoms in total. The van der Waals surface area contributed by atoms with Crippen LogP contribution in [0.2, 0.25) is 0 Å². The quantitative estimate of drug-likeness (QED) is 0.386. The number of alkyl halides is 2. The molecule has 0 amide bonds. The number of nitrogens with zero attached hydrogens (tertiary/aromatic N) is 3. The van der Waals surface area contributed by atoms with Crippen molar-refractivity contribution in [3.8, 4) is 0 Å². The Hall–Kier alpha value is -3.16. The predicted molar refractivity (Wildman–Crippen MR) is 135 cm³/mol. The number of allylic oxidation sites excluding steroid dienone is 1. The van der Waals surface area contributed by atoms with Crippen molar-refractivity contribution in [2.24, 2.45) is 0 Å². The first-order valence-electron chi connectivity index (χ1n) is 11.2. The van der Waals surface area contributed by atoms with Gasteiger partial charge in [0.2, 0.25) is 5.13 Å². The number of anilines is 1. The Labute approximate surface area is 210 Å². The first kappa shape index (κ1) is 25.9. The van der Waals surface area contributed by atoms with E-state index in [0.29, 0.717) is 6.42 Å². The SMILES string of the molecule is C=Cc1c(C=C(CF)S(=O)(=O)Nc2ncns2)oc(=O)n1Cc1cccc2c1CC(NCCF)CC2. The van der Waals surface area contributed by atoms with E-state index in [4.69, 9.17) is 4.42 Å². The molecule has 192 valence electrons. The van der Waals surface area contributed by atoms with Crippen molar-refractivity contribution in [3.05, 3.63) is 74.7 Å². The molecule has 0 bridgehead atoms. The van der Waals surface area contributed by atoms with E-state index in [9.17, 15) is 22.0 Å². The van der Waals surface area contributed by atoms with Crippen LogP contribution in [-0.2, 0) is 29.4 Å². The van der Waals surface area contributed by atoms with Gasteiger partial charge in [-0.1, -0.05) is 24.8 Å². The van der Waals surface area contributed by atoms with Gasteiger partial charge in [-0.3, -0.25) is 9.29 Å². The number of hydrogen-bond donors (Lipinski definition) is 2. The third-order valence-electron chi connectivity index (χ3n) is 5.94. The molecule has 1 atom stereocenters. The largest absolute Gasteiger partial charge is 0.420 e. The van der Waals surface area contributed by atoms with Crippen LogP contribution in [0, 0.1) is 0 Å². The van der Waals surface area contributed by atoms with Crippen LogP contribution in [0.4, 0.5) is 13.9 Å². The summed E-state index contributed by atoms with van der Waals surface area (Å²) < 4.78 is 64.1. The van der Waals surface area contributed by atoms with E-state index in [1.807, 2.05) is 18.2 Å². The normalized spacial score (nSPS) is 16.1. The van der Waals surface area contributed by atoms with Crippen LogP contribution in [0.1, 0.15) is 34.6 Å². The average molecular weight is 538 g/mol. The smallest absolute Gasteiger partial charge is 0.408 e. The summed E-state index contributed by atoms with van der Waals surface area (Å²) in [6.07, 6.45) is 5.90. The Morgan fingerprint density at radius 1 is 1.36 bits per heavy atom. The lowest BCUT2D eigenvalue weighted by molar-refractivity contribution is 0.404. The lowest BCUT2D eigenvalue weighted by atomic mass is 9.85. The fourth-order valence-electron chi connectivity index (χ4n) is 4.24. The van der Waals surface area contributed by atoms with Gasteiger partial charge in [-0.25, -0.2) is 27.0 Å². The number of oxazole rings is 1. The summed E-state index contributed by atoms with van der Waals surface area (Å²) in [4.78, 5) is 15.9. The molecule has 13 heteroatoms. The van der Waals surface area contributed by atoms with E-state index in [2.05, 4.69) is 26.0 Å². The van der Waals surface area contributed by atoms with Crippen molar-refractivity contribution in [2.45, 2.75) is 31.8 Å². The molecule has 1 aliphatic carbocycles. The molecule has 0 saturated carbocycles. The van der Waals surface area contributed by atoms with Crippen LogP contribution in [0.25, 0.3) is 12.2 Å². The van der Waals surface area contributed by atoms with E-state index in [-0.39, 0.29) is 35.7 Å². The van der Waals surface area contributed by atoms with E-state index in [1.165, 1.54) is 10.6 Å². The number of aromatic nitrogens is 3. The van der Waals surface area contributed by atoms with Crippen LogP contribution < -0.4 is 15.8 Å². The fraction of sp³-hybridized carbons (Fsp3) is 0.348. The van der Waals surface area contributed by atoms with Gasteiger partial charge in [-0.05, 0) is 42.0 Å². The Bertz CT molecular complexity index is 1410. The van der Waals surface area contributed by atoms with Gasteiger partial charge in [0.25, 0.3) is 10.0 Å². The lowest BCUT2D eigenvalue weighted by Gasteiger charge is -2.27.